The van der Waals surface area contributed by atoms with Crippen molar-refractivity contribution in [2.24, 2.45) is 0 Å². The SMILES string of the molecule is CC(C)(C)c1cc(-c2cccc(-c3ccc4c(c3)-c3ccccc3C4(c3ccccc3)c3ccccc3)c2N2[CH-]N(c3[c-]c(Oc4[c-]c5c(cc4)c4ccccc4n5-c4cc(C(C)(C)C)ccn4)ccc3)c3ccccc32)cc(C(C)(C)C)c1.[Pt]. The summed E-state index contributed by atoms with van der Waals surface area (Å²) >= 11 is 0. The number of rotatable bonds is 9. The minimum absolute atomic E-state index is 0. The molecular formula is C79H67N4OPt-3. The number of nitrogens with zero attached hydrogens (tertiary/aromatic N) is 4. The van der Waals surface area contributed by atoms with E-state index < -0.39 is 5.41 Å². The number of para-hydroxylation sites is 4. The molecule has 0 saturated heterocycles. The van der Waals surface area contributed by atoms with Crippen LogP contribution in [-0.4, -0.2) is 9.55 Å². The number of pyridine rings is 1. The molecule has 12 aromatic rings. The van der Waals surface area contributed by atoms with E-state index in [1.807, 2.05) is 18.3 Å². The Labute approximate surface area is 515 Å². The van der Waals surface area contributed by atoms with Crippen molar-refractivity contribution >= 4 is 44.6 Å². The second-order valence-electron chi connectivity index (χ2n) is 25.7. The number of ether oxygens (including phenoxy) is 1. The number of hydrogen-bond acceptors (Lipinski definition) is 4. The van der Waals surface area contributed by atoms with Gasteiger partial charge in [-0.15, -0.1) is 48.1 Å². The Bertz CT molecular complexity index is 4450. The van der Waals surface area contributed by atoms with Crippen molar-refractivity contribution in [2.45, 2.75) is 84.0 Å². The maximum atomic E-state index is 6.82. The fourth-order valence-corrected chi connectivity index (χ4v) is 12.9. The first kappa shape index (κ1) is 55.4. The van der Waals surface area contributed by atoms with Crippen molar-refractivity contribution in [1.82, 2.24) is 9.55 Å². The van der Waals surface area contributed by atoms with E-state index in [2.05, 4.69) is 314 Å². The molecular weight excluding hydrogens is 1220 g/mol. The second kappa shape index (κ2) is 21.1. The number of fused-ring (bicyclic) bond motifs is 7. The molecule has 0 saturated carbocycles. The quantitative estimate of drug-likeness (QED) is 0.135. The third-order valence-electron chi connectivity index (χ3n) is 17.3. The third kappa shape index (κ3) is 9.49. The monoisotopic (exact) mass is 1280 g/mol. The first-order valence-corrected chi connectivity index (χ1v) is 29.3. The summed E-state index contributed by atoms with van der Waals surface area (Å²) in [5, 5.41) is 2.22. The fourth-order valence-electron chi connectivity index (χ4n) is 12.9. The van der Waals surface area contributed by atoms with Gasteiger partial charge in [0, 0.05) is 72.5 Å². The molecule has 10 aromatic carbocycles. The van der Waals surface area contributed by atoms with Gasteiger partial charge in [-0.05, 0) is 119 Å². The molecule has 0 N–H and O–H groups in total. The Balaban J connectivity index is 0.00000672. The van der Waals surface area contributed by atoms with E-state index in [1.165, 1.54) is 55.6 Å². The Morgan fingerprint density at radius 1 is 0.435 bits per heavy atom. The zero-order valence-corrected chi connectivity index (χ0v) is 51.9. The van der Waals surface area contributed by atoms with E-state index in [9.17, 15) is 0 Å². The molecule has 2 aliphatic rings. The van der Waals surface area contributed by atoms with E-state index in [1.54, 1.807) is 0 Å². The first-order valence-electron chi connectivity index (χ1n) is 29.3. The molecule has 14 rings (SSSR count). The molecule has 0 radical (unpaired) electrons. The van der Waals surface area contributed by atoms with Crippen LogP contribution >= 0.6 is 0 Å². The van der Waals surface area contributed by atoms with E-state index in [0.717, 1.165) is 67.1 Å². The maximum absolute atomic E-state index is 6.82. The van der Waals surface area contributed by atoms with E-state index in [4.69, 9.17) is 9.72 Å². The van der Waals surface area contributed by atoms with Gasteiger partial charge < -0.3 is 19.1 Å². The number of benzene rings is 10. The van der Waals surface area contributed by atoms with Gasteiger partial charge in [0.15, 0.2) is 0 Å². The van der Waals surface area contributed by atoms with Crippen molar-refractivity contribution in [2.75, 3.05) is 9.80 Å². The summed E-state index contributed by atoms with van der Waals surface area (Å²) in [5.41, 5.74) is 21.2. The van der Waals surface area contributed by atoms with Crippen molar-refractivity contribution in [3.63, 3.8) is 0 Å². The van der Waals surface area contributed by atoms with Gasteiger partial charge in [-0.1, -0.05) is 232 Å². The summed E-state index contributed by atoms with van der Waals surface area (Å²) in [6, 6.07) is 91.7. The van der Waals surface area contributed by atoms with Gasteiger partial charge in [0.1, 0.15) is 5.82 Å². The van der Waals surface area contributed by atoms with Crippen molar-refractivity contribution in [3.05, 3.63) is 294 Å². The van der Waals surface area contributed by atoms with Crippen LogP contribution in [0.3, 0.4) is 0 Å². The van der Waals surface area contributed by atoms with E-state index in [0.29, 0.717) is 11.5 Å². The first-order chi connectivity index (χ1) is 40.5. The molecule has 422 valence electrons. The average Bonchev–Trinajstić information content (AvgIpc) is 1.74. The predicted octanol–water partition coefficient (Wildman–Crippen LogP) is 20.6. The van der Waals surface area contributed by atoms with Crippen LogP contribution in [0.4, 0.5) is 22.7 Å². The molecule has 0 fully saturated rings. The van der Waals surface area contributed by atoms with Gasteiger partial charge >= 0.3 is 0 Å². The summed E-state index contributed by atoms with van der Waals surface area (Å²) in [6.07, 6.45) is 1.91. The molecule has 6 heteroatoms. The van der Waals surface area contributed by atoms with Gasteiger partial charge in [-0.3, -0.25) is 0 Å². The molecule has 0 spiro atoms. The normalized spacial score (nSPS) is 13.6. The average molecular weight is 1280 g/mol. The molecule has 1 aliphatic heterocycles. The summed E-state index contributed by atoms with van der Waals surface area (Å²) in [7, 11) is 0. The van der Waals surface area contributed by atoms with Crippen LogP contribution in [0.5, 0.6) is 11.5 Å². The molecule has 2 aromatic heterocycles. The van der Waals surface area contributed by atoms with Gasteiger partial charge in [-0.2, -0.15) is 12.1 Å². The zero-order chi connectivity index (χ0) is 57.7. The standard InChI is InChI=1S/C79H67N4O.Pt/c1-76(2,3)56-42-43-80-74(48-56)83-70-35-19-17-31-65(70)66-40-39-61(50-73(66)83)84-60-29-22-28-59(49-60)81-51-82(72-37-21-20-36-71(72)81)75-62(32-23-33-63(75)53-44-57(77(4,5)6)47-58(45-53)78(7,8)9)52-38-41-69-67(46-52)64-30-16-18-34-68(64)79(69,54-24-12-10-13-25-54)55-26-14-11-15-27-55;/h10-48,51H,1-9H3;/q-3;. The van der Waals surface area contributed by atoms with Crippen molar-refractivity contribution in [1.29, 1.82) is 0 Å². The van der Waals surface area contributed by atoms with Crippen LogP contribution < -0.4 is 14.5 Å². The minimum Gasteiger partial charge on any atom is -0.509 e. The Kier molecular flexibility index (Phi) is 13.7. The molecule has 3 heterocycles. The predicted molar refractivity (Wildman–Crippen MR) is 349 cm³/mol. The zero-order valence-electron chi connectivity index (χ0n) is 49.6. The van der Waals surface area contributed by atoms with E-state index in [-0.39, 0.29) is 37.3 Å². The van der Waals surface area contributed by atoms with Crippen LogP contribution in [0.2, 0.25) is 0 Å². The number of hydrogen-bond donors (Lipinski definition) is 0. The van der Waals surface area contributed by atoms with Gasteiger partial charge in [-0.25, -0.2) is 4.98 Å². The summed E-state index contributed by atoms with van der Waals surface area (Å²) in [6.45, 7) is 22.9. The molecule has 0 atom stereocenters. The topological polar surface area (TPSA) is 33.5 Å². The van der Waals surface area contributed by atoms with Gasteiger partial charge in [0.25, 0.3) is 0 Å². The fraction of sp³-hybridized carbons (Fsp3) is 0.165. The van der Waals surface area contributed by atoms with Crippen LogP contribution in [0.1, 0.15) is 101 Å². The number of aromatic nitrogens is 2. The van der Waals surface area contributed by atoms with Crippen LogP contribution in [-0.2, 0) is 42.7 Å². The van der Waals surface area contributed by atoms with Crippen LogP contribution in [0.25, 0.3) is 61.0 Å². The van der Waals surface area contributed by atoms with Crippen molar-refractivity contribution < 1.29 is 25.8 Å². The maximum Gasteiger partial charge on any atom is 0.135 e. The van der Waals surface area contributed by atoms with Gasteiger partial charge in [0.05, 0.1) is 5.41 Å². The summed E-state index contributed by atoms with van der Waals surface area (Å²) in [4.78, 5) is 9.57. The van der Waals surface area contributed by atoms with E-state index >= 15 is 0 Å². The Hall–Kier alpha value is -8.76. The van der Waals surface area contributed by atoms with Crippen molar-refractivity contribution in [3.8, 4) is 50.7 Å². The Morgan fingerprint density at radius 3 is 1.71 bits per heavy atom. The molecule has 0 bridgehead atoms. The smallest absolute Gasteiger partial charge is 0.135 e. The summed E-state index contributed by atoms with van der Waals surface area (Å²) in [5.74, 6) is 2.02. The third-order valence-corrected chi connectivity index (χ3v) is 17.3. The van der Waals surface area contributed by atoms with Crippen LogP contribution in [0.15, 0.2) is 237 Å². The number of anilines is 4. The largest absolute Gasteiger partial charge is 0.509 e. The van der Waals surface area contributed by atoms with Gasteiger partial charge in [0.2, 0.25) is 0 Å². The Morgan fingerprint density at radius 2 is 1.01 bits per heavy atom. The minimum atomic E-state index is -0.508. The van der Waals surface area contributed by atoms with Crippen LogP contribution in [0, 0.1) is 18.8 Å². The molecule has 0 unspecified atom stereocenters. The molecule has 5 nitrogen and oxygen atoms in total. The summed E-state index contributed by atoms with van der Waals surface area (Å²) < 4.78 is 9.02. The molecule has 0 amide bonds. The second-order valence-corrected chi connectivity index (χ2v) is 25.7. The molecule has 85 heavy (non-hydrogen) atoms. The molecule has 1 aliphatic carbocycles.